The lowest BCUT2D eigenvalue weighted by Crippen LogP contribution is -2.17. The molecule has 0 atom stereocenters. The Morgan fingerprint density at radius 3 is 2.38 bits per heavy atom. The Bertz CT molecular complexity index is 891. The van der Waals surface area contributed by atoms with Crippen LogP contribution < -0.4 is 5.32 Å². The molecule has 0 aliphatic heterocycles. The fourth-order valence-electron chi connectivity index (χ4n) is 2.92. The smallest absolute Gasteiger partial charge is 0.234 e. The van der Waals surface area contributed by atoms with Crippen LogP contribution in [0.4, 0.5) is 5.69 Å². The van der Waals surface area contributed by atoms with Crippen molar-refractivity contribution in [2.24, 2.45) is 0 Å². The van der Waals surface area contributed by atoms with E-state index in [1.807, 2.05) is 28.8 Å². The highest BCUT2D eigenvalue weighted by Gasteiger charge is 2.16. The average Bonchev–Trinajstić information content (AvgIpc) is 3.03. The van der Waals surface area contributed by atoms with Crippen LogP contribution in [-0.4, -0.2) is 26.3 Å². The van der Waals surface area contributed by atoms with Crippen molar-refractivity contribution >= 4 is 29.0 Å². The minimum absolute atomic E-state index is 0.0299. The third-order valence-electron chi connectivity index (χ3n) is 4.25. The Morgan fingerprint density at radius 2 is 1.73 bits per heavy atom. The maximum atomic E-state index is 12.6. The molecule has 26 heavy (non-hydrogen) atoms. The van der Waals surface area contributed by atoms with Gasteiger partial charge < -0.3 is 5.32 Å². The summed E-state index contributed by atoms with van der Waals surface area (Å²) in [5, 5.41) is 12.1. The fourth-order valence-corrected chi connectivity index (χ4v) is 3.64. The summed E-state index contributed by atoms with van der Waals surface area (Å²) in [5.74, 6) is 0.950. The number of pyridine rings is 1. The number of para-hydroxylation sites is 1. The van der Waals surface area contributed by atoms with Crippen molar-refractivity contribution < 1.29 is 4.79 Å². The molecule has 0 aliphatic rings. The molecule has 5 nitrogen and oxygen atoms in total. The summed E-state index contributed by atoms with van der Waals surface area (Å²) in [4.78, 5) is 12.6. The number of amides is 1. The molecule has 0 saturated carbocycles. The molecule has 0 radical (unpaired) electrons. The zero-order chi connectivity index (χ0) is 18.7. The molecule has 3 aromatic rings. The van der Waals surface area contributed by atoms with E-state index in [1.165, 1.54) is 22.9 Å². The maximum Gasteiger partial charge on any atom is 0.234 e. The number of nitrogens with one attached hydrogen (secondary N) is 1. The number of nitrogens with zero attached hydrogens (tertiary/aromatic N) is 3. The van der Waals surface area contributed by atoms with E-state index >= 15 is 0 Å². The second-order valence-electron chi connectivity index (χ2n) is 6.87. The molecule has 0 fully saturated rings. The van der Waals surface area contributed by atoms with Gasteiger partial charge in [0.05, 0.1) is 5.75 Å². The monoisotopic (exact) mass is 368 g/mol. The first kappa shape index (κ1) is 18.5. The van der Waals surface area contributed by atoms with E-state index in [1.54, 1.807) is 0 Å². The van der Waals surface area contributed by atoms with Gasteiger partial charge in [-0.05, 0) is 35.1 Å². The molecule has 1 amide bonds. The van der Waals surface area contributed by atoms with Gasteiger partial charge in [-0.2, -0.15) is 0 Å². The third-order valence-corrected chi connectivity index (χ3v) is 5.20. The zero-order valence-electron chi connectivity index (χ0n) is 15.6. The van der Waals surface area contributed by atoms with Gasteiger partial charge >= 0.3 is 0 Å². The van der Waals surface area contributed by atoms with E-state index in [4.69, 9.17) is 0 Å². The van der Waals surface area contributed by atoms with Crippen LogP contribution in [-0.2, 0) is 4.79 Å². The Kier molecular flexibility index (Phi) is 5.61. The highest BCUT2D eigenvalue weighted by molar-refractivity contribution is 7.99. The summed E-state index contributed by atoms with van der Waals surface area (Å²) in [6.07, 6.45) is 1.90. The molecule has 0 aliphatic carbocycles. The minimum atomic E-state index is -0.0299. The zero-order valence-corrected chi connectivity index (χ0v) is 16.4. The number of benzene rings is 1. The second kappa shape index (κ2) is 7.91. The number of hydrogen-bond donors (Lipinski definition) is 1. The Labute approximate surface area is 158 Å². The quantitative estimate of drug-likeness (QED) is 0.640. The van der Waals surface area contributed by atoms with Crippen molar-refractivity contribution in [1.29, 1.82) is 0 Å². The van der Waals surface area contributed by atoms with Crippen molar-refractivity contribution in [2.45, 2.75) is 44.7 Å². The van der Waals surface area contributed by atoms with Crippen LogP contribution in [0.5, 0.6) is 0 Å². The molecule has 3 rings (SSSR count). The molecule has 2 aromatic heterocycles. The summed E-state index contributed by atoms with van der Waals surface area (Å²) in [6.45, 7) is 8.58. The van der Waals surface area contributed by atoms with Gasteiger partial charge in [-0.3, -0.25) is 9.20 Å². The first-order valence-corrected chi connectivity index (χ1v) is 9.81. The normalized spacial score (nSPS) is 11.5. The van der Waals surface area contributed by atoms with Gasteiger partial charge in [0.2, 0.25) is 5.91 Å². The van der Waals surface area contributed by atoms with Gasteiger partial charge in [0.25, 0.3) is 0 Å². The Morgan fingerprint density at radius 1 is 1.04 bits per heavy atom. The summed E-state index contributed by atoms with van der Waals surface area (Å²) >= 11 is 1.39. The van der Waals surface area contributed by atoms with E-state index < -0.39 is 0 Å². The number of fused-ring (bicyclic) bond motifs is 1. The van der Waals surface area contributed by atoms with E-state index in [0.29, 0.717) is 17.6 Å². The standard InChI is InChI=1S/C20H24N4OS/c1-13(2)15-8-7-9-16(14(3)4)19(15)21-18(25)12-26-20-23-22-17-10-5-6-11-24(17)20/h5-11,13-14H,12H2,1-4H3,(H,21,25). The van der Waals surface area contributed by atoms with Crippen molar-refractivity contribution in [3.05, 3.63) is 53.7 Å². The van der Waals surface area contributed by atoms with E-state index in [9.17, 15) is 4.79 Å². The van der Waals surface area contributed by atoms with Crippen LogP contribution in [0.2, 0.25) is 0 Å². The van der Waals surface area contributed by atoms with Crippen LogP contribution in [0.15, 0.2) is 47.8 Å². The lowest BCUT2D eigenvalue weighted by atomic mass is 9.92. The van der Waals surface area contributed by atoms with Gasteiger partial charge in [-0.15, -0.1) is 10.2 Å². The molecule has 1 N–H and O–H groups in total. The SMILES string of the molecule is CC(C)c1cccc(C(C)C)c1NC(=O)CSc1nnc2ccccn12. The molecular formula is C20H24N4OS. The highest BCUT2D eigenvalue weighted by atomic mass is 32.2. The van der Waals surface area contributed by atoms with Crippen molar-refractivity contribution in [1.82, 2.24) is 14.6 Å². The number of hydrogen-bond acceptors (Lipinski definition) is 4. The van der Waals surface area contributed by atoms with Crippen molar-refractivity contribution in [2.75, 3.05) is 11.1 Å². The number of aromatic nitrogens is 3. The van der Waals surface area contributed by atoms with Crippen molar-refractivity contribution in [3.63, 3.8) is 0 Å². The second-order valence-corrected chi connectivity index (χ2v) is 7.81. The number of carbonyl (C=O) groups is 1. The predicted molar refractivity (Wildman–Crippen MR) is 107 cm³/mol. The topological polar surface area (TPSA) is 59.3 Å². The van der Waals surface area contributed by atoms with Crippen LogP contribution in [0, 0.1) is 0 Å². The first-order valence-electron chi connectivity index (χ1n) is 8.82. The lowest BCUT2D eigenvalue weighted by molar-refractivity contribution is -0.113. The molecule has 0 spiro atoms. The number of rotatable bonds is 6. The maximum absolute atomic E-state index is 12.6. The molecule has 136 valence electrons. The minimum Gasteiger partial charge on any atom is -0.325 e. The largest absolute Gasteiger partial charge is 0.325 e. The van der Waals surface area contributed by atoms with Crippen LogP contribution >= 0.6 is 11.8 Å². The van der Waals surface area contributed by atoms with Gasteiger partial charge in [0, 0.05) is 11.9 Å². The molecule has 0 unspecified atom stereocenters. The average molecular weight is 369 g/mol. The van der Waals surface area contributed by atoms with Gasteiger partial charge in [0.15, 0.2) is 10.8 Å². The van der Waals surface area contributed by atoms with E-state index in [0.717, 1.165) is 16.5 Å². The summed E-state index contributed by atoms with van der Waals surface area (Å²) in [6, 6.07) is 12.0. The molecule has 2 heterocycles. The van der Waals surface area contributed by atoms with Crippen molar-refractivity contribution in [3.8, 4) is 0 Å². The summed E-state index contributed by atoms with van der Waals surface area (Å²) in [5.41, 5.74) is 4.07. The summed E-state index contributed by atoms with van der Waals surface area (Å²) < 4.78 is 1.89. The van der Waals surface area contributed by atoms with Crippen LogP contribution in [0.25, 0.3) is 5.65 Å². The van der Waals surface area contributed by atoms with Crippen LogP contribution in [0.3, 0.4) is 0 Å². The first-order chi connectivity index (χ1) is 12.5. The molecule has 1 aromatic carbocycles. The Hall–Kier alpha value is -2.34. The van der Waals surface area contributed by atoms with E-state index in [2.05, 4.69) is 61.4 Å². The van der Waals surface area contributed by atoms with Crippen LogP contribution in [0.1, 0.15) is 50.7 Å². The summed E-state index contributed by atoms with van der Waals surface area (Å²) in [7, 11) is 0. The lowest BCUT2D eigenvalue weighted by Gasteiger charge is -2.20. The number of anilines is 1. The van der Waals surface area contributed by atoms with Gasteiger partial charge in [0.1, 0.15) is 0 Å². The molecular weight excluding hydrogens is 344 g/mol. The molecule has 0 bridgehead atoms. The molecule has 6 heteroatoms. The number of thioether (sulfide) groups is 1. The van der Waals surface area contributed by atoms with E-state index in [-0.39, 0.29) is 5.91 Å². The third kappa shape index (κ3) is 3.90. The predicted octanol–water partition coefficient (Wildman–Crippen LogP) is 4.71. The number of carbonyl (C=O) groups excluding carboxylic acids is 1. The Balaban J connectivity index is 1.76. The molecule has 0 saturated heterocycles. The van der Waals surface area contributed by atoms with Gasteiger partial charge in [-0.1, -0.05) is 63.7 Å². The fraction of sp³-hybridized carbons (Fsp3) is 0.350. The highest BCUT2D eigenvalue weighted by Crippen LogP contribution is 2.32. The van der Waals surface area contributed by atoms with Gasteiger partial charge in [-0.25, -0.2) is 0 Å².